The number of likely N-dealkylation sites (tertiary alicyclic amines) is 1. The number of halogens is 1. The molecule has 1 aromatic rings. The minimum atomic E-state index is 0. The molecule has 0 bridgehead atoms. The highest BCUT2D eigenvalue weighted by Crippen LogP contribution is 2.40. The highest BCUT2D eigenvalue weighted by molar-refractivity contribution is 5.95. The maximum absolute atomic E-state index is 12.9. The molecule has 0 radical (unpaired) electrons. The molecule has 2 heterocycles. The Morgan fingerprint density at radius 3 is 2.62 bits per heavy atom. The second kappa shape index (κ2) is 8.35. The Morgan fingerprint density at radius 2 is 1.92 bits per heavy atom. The molecule has 1 N–H and O–H groups in total. The maximum atomic E-state index is 12.9. The van der Waals surface area contributed by atoms with Crippen molar-refractivity contribution < 1.29 is 19.0 Å². The first-order valence-corrected chi connectivity index (χ1v) is 9.25. The molecule has 144 valence electrons. The Hall–Kier alpha value is -1.66. The van der Waals surface area contributed by atoms with Crippen LogP contribution < -0.4 is 19.5 Å². The summed E-state index contributed by atoms with van der Waals surface area (Å²) in [6.07, 6.45) is 4.77. The quantitative estimate of drug-likeness (QED) is 0.847. The van der Waals surface area contributed by atoms with Crippen LogP contribution in [0.1, 0.15) is 36.0 Å². The van der Waals surface area contributed by atoms with Gasteiger partial charge in [-0.3, -0.25) is 4.79 Å². The van der Waals surface area contributed by atoms with E-state index in [1.807, 2.05) is 4.90 Å². The van der Waals surface area contributed by atoms with E-state index < -0.39 is 0 Å². The van der Waals surface area contributed by atoms with Crippen molar-refractivity contribution in [3.8, 4) is 17.2 Å². The number of nitrogens with zero attached hydrogens (tertiary/aromatic N) is 1. The van der Waals surface area contributed by atoms with E-state index in [-0.39, 0.29) is 18.3 Å². The lowest BCUT2D eigenvalue weighted by Crippen LogP contribution is -2.45. The third-order valence-corrected chi connectivity index (χ3v) is 5.25. The zero-order chi connectivity index (χ0) is 17.2. The second-order valence-corrected chi connectivity index (χ2v) is 7.12. The van der Waals surface area contributed by atoms with Crippen molar-refractivity contribution in [3.63, 3.8) is 0 Å². The van der Waals surface area contributed by atoms with Crippen LogP contribution in [0.15, 0.2) is 12.1 Å². The fourth-order valence-corrected chi connectivity index (χ4v) is 3.52. The molecule has 6 nitrogen and oxygen atoms in total. The van der Waals surface area contributed by atoms with Crippen molar-refractivity contribution >= 4 is 18.3 Å². The molecule has 1 amide bonds. The Kier molecular flexibility index (Phi) is 6.14. The summed E-state index contributed by atoms with van der Waals surface area (Å²) in [5.74, 6) is 2.67. The lowest BCUT2D eigenvalue weighted by molar-refractivity contribution is 0.0703. The van der Waals surface area contributed by atoms with E-state index in [9.17, 15) is 4.79 Å². The molecule has 4 rings (SSSR count). The summed E-state index contributed by atoms with van der Waals surface area (Å²) in [6.45, 7) is 3.71. The van der Waals surface area contributed by atoms with E-state index in [1.54, 1.807) is 19.2 Å². The second-order valence-electron chi connectivity index (χ2n) is 7.12. The van der Waals surface area contributed by atoms with Gasteiger partial charge < -0.3 is 24.4 Å². The molecule has 0 spiro atoms. The largest absolute Gasteiger partial charge is 0.493 e. The predicted molar refractivity (Wildman–Crippen MR) is 101 cm³/mol. The van der Waals surface area contributed by atoms with E-state index in [1.165, 1.54) is 12.8 Å². The average Bonchev–Trinajstić information content (AvgIpc) is 3.50. The molecule has 2 aliphatic heterocycles. The third kappa shape index (κ3) is 4.18. The third-order valence-electron chi connectivity index (χ3n) is 5.25. The van der Waals surface area contributed by atoms with Crippen molar-refractivity contribution in [3.05, 3.63) is 17.7 Å². The number of ether oxygens (including phenoxy) is 3. The van der Waals surface area contributed by atoms with Gasteiger partial charge in [0.05, 0.1) is 7.11 Å². The van der Waals surface area contributed by atoms with Gasteiger partial charge in [-0.1, -0.05) is 0 Å². The number of hydrogen-bond acceptors (Lipinski definition) is 5. The van der Waals surface area contributed by atoms with Crippen molar-refractivity contribution in [1.29, 1.82) is 0 Å². The number of methoxy groups -OCH3 is 1. The zero-order valence-electron chi connectivity index (χ0n) is 15.2. The molecule has 1 saturated heterocycles. The molecule has 26 heavy (non-hydrogen) atoms. The molecule has 0 atom stereocenters. The number of carbonyl (C=O) groups excluding carboxylic acids is 1. The summed E-state index contributed by atoms with van der Waals surface area (Å²) in [4.78, 5) is 14.8. The van der Waals surface area contributed by atoms with Gasteiger partial charge in [-0.05, 0) is 50.3 Å². The number of piperidine rings is 1. The predicted octanol–water partition coefficient (Wildman–Crippen LogP) is 2.49. The molecular formula is C19H27ClN2O4. The monoisotopic (exact) mass is 382 g/mol. The first-order valence-electron chi connectivity index (χ1n) is 9.25. The van der Waals surface area contributed by atoms with Crippen molar-refractivity contribution in [2.75, 3.05) is 40.0 Å². The molecule has 1 saturated carbocycles. The number of amides is 1. The summed E-state index contributed by atoms with van der Waals surface area (Å²) in [5.41, 5.74) is 0.602. The van der Waals surface area contributed by atoms with Gasteiger partial charge in [0.25, 0.3) is 5.91 Å². The standard InChI is InChI=1S/C19H26N2O4.ClH/c1-23-16-10-14(11-17-18(16)25-9-8-24-17)19(22)21-6-4-15(5-7-21)20-12-13-2-3-13;/h10-11,13,15,20H,2-9,12H2,1H3;1H. The SMILES string of the molecule is COc1cc(C(=O)N2CCC(NCC3CC3)CC2)cc2c1OCCO2.Cl. The van der Waals surface area contributed by atoms with Gasteiger partial charge in [0.1, 0.15) is 13.2 Å². The Morgan fingerprint density at radius 1 is 1.19 bits per heavy atom. The van der Waals surface area contributed by atoms with Crippen LogP contribution in [0.4, 0.5) is 0 Å². The minimum absolute atomic E-state index is 0. The van der Waals surface area contributed by atoms with Crippen LogP contribution in [0.2, 0.25) is 0 Å². The molecule has 3 aliphatic rings. The Labute approximate surface area is 160 Å². The highest BCUT2D eigenvalue weighted by Gasteiger charge is 2.28. The minimum Gasteiger partial charge on any atom is -0.493 e. The number of carbonyl (C=O) groups is 1. The van der Waals surface area contributed by atoms with Gasteiger partial charge in [-0.25, -0.2) is 0 Å². The van der Waals surface area contributed by atoms with Crippen LogP contribution in [0.25, 0.3) is 0 Å². The van der Waals surface area contributed by atoms with Gasteiger partial charge in [0, 0.05) is 24.7 Å². The molecule has 0 unspecified atom stereocenters. The van der Waals surface area contributed by atoms with Crippen LogP contribution in [0.5, 0.6) is 17.2 Å². The van der Waals surface area contributed by atoms with Gasteiger partial charge in [-0.2, -0.15) is 0 Å². The zero-order valence-corrected chi connectivity index (χ0v) is 16.0. The van der Waals surface area contributed by atoms with E-state index in [0.717, 1.165) is 38.4 Å². The molecular weight excluding hydrogens is 356 g/mol. The number of rotatable bonds is 5. The van der Waals surface area contributed by atoms with Crippen LogP contribution >= 0.6 is 12.4 Å². The summed E-state index contributed by atoms with van der Waals surface area (Å²) < 4.78 is 16.6. The number of hydrogen-bond donors (Lipinski definition) is 1. The summed E-state index contributed by atoms with van der Waals surface area (Å²) in [5, 5.41) is 3.65. The summed E-state index contributed by atoms with van der Waals surface area (Å²) in [7, 11) is 1.58. The fourth-order valence-electron chi connectivity index (χ4n) is 3.52. The Bertz CT molecular complexity index is 625. The maximum Gasteiger partial charge on any atom is 0.254 e. The number of benzene rings is 1. The Balaban J connectivity index is 0.00000196. The highest BCUT2D eigenvalue weighted by atomic mass is 35.5. The number of fused-ring (bicyclic) bond motifs is 1. The normalized spacial score (nSPS) is 19.7. The van der Waals surface area contributed by atoms with Gasteiger partial charge >= 0.3 is 0 Å². The first kappa shape index (κ1) is 19.1. The lowest BCUT2D eigenvalue weighted by Gasteiger charge is -2.33. The van der Waals surface area contributed by atoms with E-state index in [0.29, 0.717) is 42.1 Å². The summed E-state index contributed by atoms with van der Waals surface area (Å²) in [6, 6.07) is 4.07. The first-order chi connectivity index (χ1) is 12.2. The fraction of sp³-hybridized carbons (Fsp3) is 0.632. The van der Waals surface area contributed by atoms with E-state index in [4.69, 9.17) is 14.2 Å². The topological polar surface area (TPSA) is 60.0 Å². The van der Waals surface area contributed by atoms with Crippen molar-refractivity contribution in [1.82, 2.24) is 10.2 Å². The van der Waals surface area contributed by atoms with Crippen LogP contribution in [-0.2, 0) is 0 Å². The van der Waals surface area contributed by atoms with Gasteiger partial charge in [-0.15, -0.1) is 12.4 Å². The molecule has 0 aromatic heterocycles. The van der Waals surface area contributed by atoms with Crippen LogP contribution in [0, 0.1) is 5.92 Å². The van der Waals surface area contributed by atoms with Crippen LogP contribution in [-0.4, -0.2) is 56.8 Å². The molecule has 1 aromatic carbocycles. The van der Waals surface area contributed by atoms with Crippen LogP contribution in [0.3, 0.4) is 0 Å². The van der Waals surface area contributed by atoms with Gasteiger partial charge in [0.15, 0.2) is 11.5 Å². The number of nitrogens with one attached hydrogen (secondary N) is 1. The van der Waals surface area contributed by atoms with Gasteiger partial charge in [0.2, 0.25) is 5.75 Å². The average molecular weight is 383 g/mol. The molecule has 1 aliphatic carbocycles. The van der Waals surface area contributed by atoms with Crippen molar-refractivity contribution in [2.24, 2.45) is 5.92 Å². The van der Waals surface area contributed by atoms with E-state index in [2.05, 4.69) is 5.32 Å². The molecule has 2 fully saturated rings. The summed E-state index contributed by atoms with van der Waals surface area (Å²) >= 11 is 0. The smallest absolute Gasteiger partial charge is 0.254 e. The lowest BCUT2D eigenvalue weighted by atomic mass is 10.0. The van der Waals surface area contributed by atoms with E-state index >= 15 is 0 Å². The van der Waals surface area contributed by atoms with Crippen molar-refractivity contribution in [2.45, 2.75) is 31.7 Å². The molecule has 7 heteroatoms.